The molecule has 1 aromatic heterocycles. The van der Waals surface area contributed by atoms with Gasteiger partial charge in [0.1, 0.15) is 5.75 Å². The number of fused-ring (bicyclic) bond motifs is 1. The van der Waals surface area contributed by atoms with Gasteiger partial charge in [0, 0.05) is 23.6 Å². The van der Waals surface area contributed by atoms with E-state index in [9.17, 15) is 5.11 Å². The van der Waals surface area contributed by atoms with Crippen molar-refractivity contribution in [2.24, 2.45) is 0 Å². The third kappa shape index (κ3) is 2.77. The van der Waals surface area contributed by atoms with E-state index in [2.05, 4.69) is 24.0 Å². The van der Waals surface area contributed by atoms with E-state index >= 15 is 0 Å². The highest BCUT2D eigenvalue weighted by atomic mass is 79.9. The first-order chi connectivity index (χ1) is 7.16. The van der Waals surface area contributed by atoms with Crippen LogP contribution in [0.15, 0.2) is 24.4 Å². The molecule has 0 saturated carbocycles. The summed E-state index contributed by atoms with van der Waals surface area (Å²) in [6, 6.07) is 5.43. The first-order valence-corrected chi connectivity index (χ1v) is 5.10. The van der Waals surface area contributed by atoms with E-state index < -0.39 is 0 Å². The van der Waals surface area contributed by atoms with E-state index in [1.165, 1.54) is 5.56 Å². The molecule has 0 saturated heterocycles. The van der Waals surface area contributed by atoms with Gasteiger partial charge in [-0.2, -0.15) is 0 Å². The summed E-state index contributed by atoms with van der Waals surface area (Å²) in [6.07, 6.45) is 3.02. The van der Waals surface area contributed by atoms with Crippen molar-refractivity contribution in [1.82, 2.24) is 9.88 Å². The summed E-state index contributed by atoms with van der Waals surface area (Å²) in [5.41, 5.74) is 2.34. The van der Waals surface area contributed by atoms with Crippen LogP contribution in [0.2, 0.25) is 0 Å². The Morgan fingerprint density at radius 1 is 1.31 bits per heavy atom. The molecule has 0 aliphatic carbocycles. The van der Waals surface area contributed by atoms with Crippen LogP contribution in [-0.4, -0.2) is 35.6 Å². The smallest absolute Gasteiger partial charge is 0.116 e. The van der Waals surface area contributed by atoms with Crippen LogP contribution in [0.25, 0.3) is 10.9 Å². The number of H-pyrrole nitrogens is 1. The molecule has 0 aliphatic heterocycles. The molecule has 1 heterocycles. The standard InChI is InChI=1S/C12H16N2O.BrH/c1-14(2)6-5-9-8-13-12-4-3-10(15)7-11(9)12;/h3-4,7-8,13,15H,5-6H2,1-2H3;1H. The third-order valence-electron chi connectivity index (χ3n) is 2.58. The predicted molar refractivity (Wildman–Crippen MR) is 72.5 cm³/mol. The Kier molecular flexibility index (Phi) is 4.38. The Morgan fingerprint density at radius 2 is 2.06 bits per heavy atom. The number of rotatable bonds is 3. The molecule has 4 heteroatoms. The average molecular weight is 285 g/mol. The van der Waals surface area contributed by atoms with E-state index in [4.69, 9.17) is 0 Å². The number of aromatic amines is 1. The lowest BCUT2D eigenvalue weighted by Crippen LogP contribution is -2.14. The van der Waals surface area contributed by atoms with Crippen molar-refractivity contribution in [1.29, 1.82) is 0 Å². The summed E-state index contributed by atoms with van der Waals surface area (Å²) in [4.78, 5) is 5.36. The van der Waals surface area contributed by atoms with Gasteiger partial charge in [-0.15, -0.1) is 17.0 Å². The SMILES string of the molecule is Br.CN(C)CCc1c[nH]c2ccc(O)cc12. The molecule has 2 N–H and O–H groups in total. The molecule has 2 aromatic rings. The number of phenols is 1. The Morgan fingerprint density at radius 3 is 2.75 bits per heavy atom. The van der Waals surface area contributed by atoms with Crippen molar-refractivity contribution in [2.75, 3.05) is 20.6 Å². The zero-order valence-corrected chi connectivity index (χ0v) is 11.2. The van der Waals surface area contributed by atoms with E-state index in [1.807, 2.05) is 18.3 Å². The molecule has 1 aromatic carbocycles. The number of nitrogens with zero attached hydrogens (tertiary/aromatic N) is 1. The first-order valence-electron chi connectivity index (χ1n) is 5.10. The molecule has 3 nitrogen and oxygen atoms in total. The Labute approximate surface area is 106 Å². The van der Waals surface area contributed by atoms with Gasteiger partial charge in [0.25, 0.3) is 0 Å². The number of likely N-dealkylation sites (N-methyl/N-ethyl adjacent to an activating group) is 1. The van der Waals surface area contributed by atoms with Crippen LogP contribution in [0.5, 0.6) is 5.75 Å². The van der Waals surface area contributed by atoms with Crippen molar-refractivity contribution in [3.63, 3.8) is 0 Å². The van der Waals surface area contributed by atoms with Gasteiger partial charge < -0.3 is 15.0 Å². The predicted octanol–water partition coefficient (Wildman–Crippen LogP) is 2.56. The number of hydrogen-bond donors (Lipinski definition) is 2. The van der Waals surface area contributed by atoms with Crippen molar-refractivity contribution in [3.05, 3.63) is 30.0 Å². The molecule has 0 unspecified atom stereocenters. The highest BCUT2D eigenvalue weighted by Crippen LogP contribution is 2.23. The molecule has 2 rings (SSSR count). The van der Waals surface area contributed by atoms with Gasteiger partial charge in [-0.25, -0.2) is 0 Å². The topological polar surface area (TPSA) is 39.3 Å². The summed E-state index contributed by atoms with van der Waals surface area (Å²) in [7, 11) is 4.12. The minimum absolute atomic E-state index is 0. The number of halogens is 1. The van der Waals surface area contributed by atoms with Crippen molar-refractivity contribution in [3.8, 4) is 5.75 Å². The molecule has 0 atom stereocenters. The van der Waals surface area contributed by atoms with E-state index in [-0.39, 0.29) is 17.0 Å². The van der Waals surface area contributed by atoms with Crippen LogP contribution < -0.4 is 0 Å². The maximum atomic E-state index is 9.43. The van der Waals surface area contributed by atoms with E-state index in [0.29, 0.717) is 5.75 Å². The Bertz CT molecular complexity index is 465. The molecule has 88 valence electrons. The molecule has 16 heavy (non-hydrogen) atoms. The fourth-order valence-corrected chi connectivity index (χ4v) is 1.72. The fourth-order valence-electron chi connectivity index (χ4n) is 1.72. The lowest BCUT2D eigenvalue weighted by Gasteiger charge is -2.08. The number of hydrogen-bond acceptors (Lipinski definition) is 2. The van der Waals surface area contributed by atoms with Gasteiger partial charge in [-0.3, -0.25) is 0 Å². The summed E-state index contributed by atoms with van der Waals surface area (Å²) in [5.74, 6) is 0.327. The van der Waals surface area contributed by atoms with Gasteiger partial charge in [-0.05, 0) is 44.3 Å². The second-order valence-corrected chi connectivity index (χ2v) is 4.10. The first kappa shape index (κ1) is 13.1. The van der Waals surface area contributed by atoms with Gasteiger partial charge in [0.15, 0.2) is 0 Å². The molecule has 0 amide bonds. The molecule has 0 aliphatic rings. The normalized spacial score (nSPS) is 10.7. The maximum Gasteiger partial charge on any atom is 0.116 e. The van der Waals surface area contributed by atoms with E-state index in [0.717, 1.165) is 23.9 Å². The van der Waals surface area contributed by atoms with Gasteiger partial charge >= 0.3 is 0 Å². The van der Waals surface area contributed by atoms with Crippen LogP contribution in [0.1, 0.15) is 5.56 Å². The highest BCUT2D eigenvalue weighted by molar-refractivity contribution is 8.93. The van der Waals surface area contributed by atoms with Crippen molar-refractivity contribution >= 4 is 27.9 Å². The molecule has 0 bridgehead atoms. The fraction of sp³-hybridized carbons (Fsp3) is 0.333. The second kappa shape index (κ2) is 5.37. The average Bonchev–Trinajstić information content (AvgIpc) is 2.57. The minimum atomic E-state index is 0. The zero-order chi connectivity index (χ0) is 10.8. The number of nitrogens with one attached hydrogen (secondary N) is 1. The van der Waals surface area contributed by atoms with E-state index in [1.54, 1.807) is 6.07 Å². The summed E-state index contributed by atoms with van der Waals surface area (Å²) in [6.45, 7) is 1.02. The minimum Gasteiger partial charge on any atom is -0.508 e. The number of aromatic nitrogens is 1. The van der Waals surface area contributed by atoms with Crippen molar-refractivity contribution in [2.45, 2.75) is 6.42 Å². The van der Waals surface area contributed by atoms with Crippen molar-refractivity contribution < 1.29 is 5.11 Å². The largest absolute Gasteiger partial charge is 0.508 e. The molecule has 0 radical (unpaired) electrons. The number of phenolic OH excluding ortho intramolecular Hbond substituents is 1. The quantitative estimate of drug-likeness (QED) is 0.909. The molecular formula is C12H17BrN2O. The van der Waals surface area contributed by atoms with Crippen LogP contribution in [0.4, 0.5) is 0 Å². The third-order valence-corrected chi connectivity index (χ3v) is 2.58. The summed E-state index contributed by atoms with van der Waals surface area (Å²) in [5, 5.41) is 10.5. The highest BCUT2D eigenvalue weighted by Gasteiger charge is 2.04. The number of benzene rings is 1. The monoisotopic (exact) mass is 284 g/mol. The van der Waals surface area contributed by atoms with Crippen LogP contribution in [0.3, 0.4) is 0 Å². The van der Waals surface area contributed by atoms with Crippen LogP contribution >= 0.6 is 17.0 Å². The second-order valence-electron chi connectivity index (χ2n) is 4.10. The van der Waals surface area contributed by atoms with Gasteiger partial charge in [0.2, 0.25) is 0 Å². The summed E-state index contributed by atoms with van der Waals surface area (Å²) >= 11 is 0. The maximum absolute atomic E-state index is 9.43. The van der Waals surface area contributed by atoms with Crippen LogP contribution in [0, 0.1) is 0 Å². The molecular weight excluding hydrogens is 268 g/mol. The lowest BCUT2D eigenvalue weighted by molar-refractivity contribution is 0.414. The van der Waals surface area contributed by atoms with Gasteiger partial charge in [-0.1, -0.05) is 0 Å². The molecule has 0 fully saturated rings. The molecule has 0 spiro atoms. The lowest BCUT2D eigenvalue weighted by atomic mass is 10.1. The number of aromatic hydroxyl groups is 1. The van der Waals surface area contributed by atoms with Crippen LogP contribution in [-0.2, 0) is 6.42 Å². The zero-order valence-electron chi connectivity index (χ0n) is 9.53. The Balaban J connectivity index is 0.00000128. The summed E-state index contributed by atoms with van der Waals surface area (Å²) < 4.78 is 0. The van der Waals surface area contributed by atoms with Gasteiger partial charge in [0.05, 0.1) is 0 Å². The Hall–Kier alpha value is -1.00.